The van der Waals surface area contributed by atoms with E-state index in [-0.39, 0.29) is 12.6 Å². The van der Waals surface area contributed by atoms with Crippen molar-refractivity contribution in [1.82, 2.24) is 15.1 Å². The number of carbonyl (C=O) groups excluding carboxylic acids is 1. The lowest BCUT2D eigenvalue weighted by atomic mass is 9.49. The van der Waals surface area contributed by atoms with Gasteiger partial charge in [-0.05, 0) is 92.0 Å². The van der Waals surface area contributed by atoms with Crippen molar-refractivity contribution >= 4 is 17.5 Å². The predicted octanol–water partition coefficient (Wildman–Crippen LogP) is 4.52. The smallest absolute Gasteiger partial charge is 0.271 e. The first-order valence-corrected chi connectivity index (χ1v) is 10.6. The lowest BCUT2D eigenvalue weighted by Crippen LogP contribution is -2.51. The zero-order valence-corrected chi connectivity index (χ0v) is 16.7. The van der Waals surface area contributed by atoms with Crippen LogP contribution in [0.2, 0.25) is 5.02 Å². The summed E-state index contributed by atoms with van der Waals surface area (Å²) in [5, 5.41) is 8.21. The van der Waals surface area contributed by atoms with E-state index in [1.807, 2.05) is 12.1 Å². The third-order valence-electron chi connectivity index (χ3n) is 6.84. The van der Waals surface area contributed by atoms with Crippen molar-refractivity contribution < 1.29 is 9.53 Å². The second-order valence-electron chi connectivity index (χ2n) is 9.07. The number of halogens is 1. The number of hydrogen-bond donors (Lipinski definition) is 1. The lowest BCUT2D eigenvalue weighted by molar-refractivity contribution is -0.0503. The fourth-order valence-corrected chi connectivity index (χ4v) is 6.22. The highest BCUT2D eigenvalue weighted by atomic mass is 35.5. The first-order valence-electron chi connectivity index (χ1n) is 10.3. The molecule has 4 saturated carbocycles. The Labute approximate surface area is 170 Å². The molecule has 1 heterocycles. The van der Waals surface area contributed by atoms with Crippen molar-refractivity contribution in [3.8, 4) is 5.75 Å². The Hall–Kier alpha value is -2.01. The van der Waals surface area contributed by atoms with Crippen LogP contribution in [0.25, 0.3) is 0 Å². The molecule has 0 radical (unpaired) electrons. The number of benzene rings is 1. The van der Waals surface area contributed by atoms with Gasteiger partial charge in [-0.3, -0.25) is 4.79 Å². The van der Waals surface area contributed by atoms with E-state index in [1.54, 1.807) is 29.1 Å². The molecule has 1 amide bonds. The van der Waals surface area contributed by atoms with E-state index in [1.165, 1.54) is 38.5 Å². The van der Waals surface area contributed by atoms with Gasteiger partial charge >= 0.3 is 0 Å². The standard InChI is InChI=1S/C22H26ClN3O2/c23-18-1-3-19(4-2-18)28-14-26-6-5-20(25-26)21(27)24-13-22-10-15-7-16(11-22)9-17(8-15)12-22/h1-6,15-17H,7-14H2,(H,24,27). The van der Waals surface area contributed by atoms with Gasteiger partial charge in [0.15, 0.2) is 6.73 Å². The van der Waals surface area contributed by atoms with Crippen LogP contribution in [0.15, 0.2) is 36.5 Å². The van der Waals surface area contributed by atoms with E-state index in [2.05, 4.69) is 10.4 Å². The van der Waals surface area contributed by atoms with Crippen molar-refractivity contribution in [2.24, 2.45) is 23.2 Å². The van der Waals surface area contributed by atoms with Crippen molar-refractivity contribution in [2.45, 2.75) is 45.3 Å². The summed E-state index contributed by atoms with van der Waals surface area (Å²) in [6.07, 6.45) is 9.92. The zero-order valence-electron chi connectivity index (χ0n) is 15.9. The minimum Gasteiger partial charge on any atom is -0.471 e. The van der Waals surface area contributed by atoms with Crippen LogP contribution >= 0.6 is 11.6 Å². The van der Waals surface area contributed by atoms with Crippen LogP contribution in [0.1, 0.15) is 49.0 Å². The summed E-state index contributed by atoms with van der Waals surface area (Å²) in [5.74, 6) is 3.32. The van der Waals surface area contributed by atoms with Crippen LogP contribution < -0.4 is 10.1 Å². The van der Waals surface area contributed by atoms with Gasteiger partial charge < -0.3 is 10.1 Å². The zero-order chi connectivity index (χ0) is 19.1. The van der Waals surface area contributed by atoms with Gasteiger partial charge in [0.05, 0.1) is 0 Å². The van der Waals surface area contributed by atoms with Crippen LogP contribution in [0, 0.1) is 23.2 Å². The molecule has 4 aliphatic carbocycles. The lowest BCUT2D eigenvalue weighted by Gasteiger charge is -2.56. The summed E-state index contributed by atoms with van der Waals surface area (Å²) >= 11 is 5.88. The fraction of sp³-hybridized carbons (Fsp3) is 0.545. The van der Waals surface area contributed by atoms with Crippen molar-refractivity contribution in [2.75, 3.05) is 6.54 Å². The predicted molar refractivity (Wildman–Crippen MR) is 107 cm³/mol. The molecule has 0 atom stereocenters. The Kier molecular flexibility index (Phi) is 4.58. The fourth-order valence-electron chi connectivity index (χ4n) is 6.09. The highest BCUT2D eigenvalue weighted by Gasteiger charge is 2.50. The van der Waals surface area contributed by atoms with E-state index < -0.39 is 0 Å². The van der Waals surface area contributed by atoms with Crippen molar-refractivity contribution in [3.05, 3.63) is 47.2 Å². The van der Waals surface area contributed by atoms with Gasteiger partial charge in [0.2, 0.25) is 0 Å². The molecule has 4 aliphatic rings. The van der Waals surface area contributed by atoms with E-state index >= 15 is 0 Å². The minimum absolute atomic E-state index is 0.0824. The minimum atomic E-state index is -0.0824. The maximum absolute atomic E-state index is 12.6. The number of hydrogen-bond acceptors (Lipinski definition) is 3. The molecule has 5 nitrogen and oxygen atoms in total. The summed E-state index contributed by atoms with van der Waals surface area (Å²) in [6.45, 7) is 1.05. The Morgan fingerprint density at radius 1 is 1.11 bits per heavy atom. The van der Waals surface area contributed by atoms with Gasteiger partial charge in [-0.25, -0.2) is 4.68 Å². The maximum atomic E-state index is 12.6. The topological polar surface area (TPSA) is 56.2 Å². The van der Waals surface area contributed by atoms with Crippen LogP contribution in [-0.2, 0) is 6.73 Å². The van der Waals surface area contributed by atoms with Gasteiger partial charge in [-0.15, -0.1) is 0 Å². The summed E-state index contributed by atoms with van der Waals surface area (Å²) < 4.78 is 7.31. The van der Waals surface area contributed by atoms with E-state index in [9.17, 15) is 4.79 Å². The SMILES string of the molecule is O=C(NCC12CC3CC(CC(C3)C1)C2)c1ccn(COc2ccc(Cl)cc2)n1. The van der Waals surface area contributed by atoms with E-state index in [0.717, 1.165) is 24.3 Å². The average Bonchev–Trinajstić information content (AvgIpc) is 3.14. The third-order valence-corrected chi connectivity index (χ3v) is 7.09. The highest BCUT2D eigenvalue weighted by Crippen LogP contribution is 2.59. The molecule has 6 heteroatoms. The second-order valence-corrected chi connectivity index (χ2v) is 9.50. The van der Waals surface area contributed by atoms with Gasteiger partial charge in [-0.1, -0.05) is 11.6 Å². The summed E-state index contributed by atoms with van der Waals surface area (Å²) in [5.41, 5.74) is 0.787. The molecule has 1 aromatic heterocycles. The summed E-state index contributed by atoms with van der Waals surface area (Å²) in [6, 6.07) is 8.93. The Bertz CT molecular complexity index is 826. The Balaban J connectivity index is 1.16. The molecule has 28 heavy (non-hydrogen) atoms. The molecule has 0 saturated heterocycles. The van der Waals surface area contributed by atoms with Crippen LogP contribution in [0.5, 0.6) is 5.75 Å². The molecular weight excluding hydrogens is 374 g/mol. The number of carbonyl (C=O) groups is 1. The molecule has 1 N–H and O–H groups in total. The molecule has 4 fully saturated rings. The van der Waals surface area contributed by atoms with Crippen LogP contribution in [0.4, 0.5) is 0 Å². The molecule has 0 aliphatic heterocycles. The first kappa shape index (κ1) is 18.0. The molecule has 0 spiro atoms. The Morgan fingerprint density at radius 3 is 2.39 bits per heavy atom. The van der Waals surface area contributed by atoms with Gasteiger partial charge in [-0.2, -0.15) is 5.10 Å². The molecule has 1 aromatic carbocycles. The Morgan fingerprint density at radius 2 is 1.75 bits per heavy atom. The number of amides is 1. The molecule has 148 valence electrons. The highest BCUT2D eigenvalue weighted by molar-refractivity contribution is 6.30. The average molecular weight is 400 g/mol. The monoisotopic (exact) mass is 399 g/mol. The maximum Gasteiger partial charge on any atom is 0.271 e. The van der Waals surface area contributed by atoms with E-state index in [0.29, 0.717) is 21.9 Å². The number of nitrogens with one attached hydrogen (secondary N) is 1. The molecule has 0 unspecified atom stereocenters. The molecule has 4 bridgehead atoms. The number of aromatic nitrogens is 2. The summed E-state index contributed by atoms with van der Waals surface area (Å²) in [4.78, 5) is 12.6. The van der Waals surface area contributed by atoms with Crippen molar-refractivity contribution in [1.29, 1.82) is 0 Å². The largest absolute Gasteiger partial charge is 0.471 e. The van der Waals surface area contributed by atoms with Gasteiger partial charge in [0.1, 0.15) is 11.4 Å². The van der Waals surface area contributed by atoms with E-state index in [4.69, 9.17) is 16.3 Å². The van der Waals surface area contributed by atoms with Crippen molar-refractivity contribution in [3.63, 3.8) is 0 Å². The van der Waals surface area contributed by atoms with Crippen LogP contribution in [0.3, 0.4) is 0 Å². The first-order chi connectivity index (χ1) is 13.6. The number of ether oxygens (including phenoxy) is 1. The van der Waals surface area contributed by atoms with Crippen LogP contribution in [-0.4, -0.2) is 22.2 Å². The molecular formula is C22H26ClN3O2. The second kappa shape index (κ2) is 7.11. The summed E-state index contributed by atoms with van der Waals surface area (Å²) in [7, 11) is 0. The van der Waals surface area contributed by atoms with Gasteiger partial charge in [0, 0.05) is 17.8 Å². The quantitative estimate of drug-likeness (QED) is 0.776. The number of rotatable bonds is 6. The number of nitrogens with zero attached hydrogens (tertiary/aromatic N) is 2. The third kappa shape index (κ3) is 3.64. The normalized spacial score (nSPS) is 30.4. The molecule has 2 aromatic rings. The molecule has 6 rings (SSSR count). The van der Waals surface area contributed by atoms with Gasteiger partial charge in [0.25, 0.3) is 5.91 Å².